The predicted octanol–water partition coefficient (Wildman–Crippen LogP) is 5.02. The van der Waals surface area contributed by atoms with E-state index in [9.17, 15) is 9.59 Å². The summed E-state index contributed by atoms with van der Waals surface area (Å²) in [7, 11) is 0. The Bertz CT molecular complexity index is 1030. The number of halogens is 1. The van der Waals surface area contributed by atoms with E-state index in [1.54, 1.807) is 6.07 Å². The van der Waals surface area contributed by atoms with Gasteiger partial charge in [-0.05, 0) is 53.9 Å². The van der Waals surface area contributed by atoms with Crippen molar-refractivity contribution in [1.82, 2.24) is 9.88 Å². The molecule has 1 aliphatic carbocycles. The molecule has 2 heterocycles. The Labute approximate surface area is 183 Å². The van der Waals surface area contributed by atoms with Gasteiger partial charge < -0.3 is 9.88 Å². The number of pyridine rings is 1. The molecule has 30 heavy (non-hydrogen) atoms. The fourth-order valence-corrected chi connectivity index (χ4v) is 4.16. The number of rotatable bonds is 4. The Balaban J connectivity index is 1.67. The van der Waals surface area contributed by atoms with Gasteiger partial charge >= 0.3 is 0 Å². The minimum absolute atomic E-state index is 0.0755. The molecule has 1 aromatic heterocycles. The van der Waals surface area contributed by atoms with Gasteiger partial charge in [0.25, 0.3) is 5.56 Å². The van der Waals surface area contributed by atoms with Crippen LogP contribution in [0.4, 0.5) is 0 Å². The van der Waals surface area contributed by atoms with Gasteiger partial charge in [-0.2, -0.15) is 0 Å². The summed E-state index contributed by atoms with van der Waals surface area (Å²) in [6, 6.07) is 12.0. The van der Waals surface area contributed by atoms with E-state index in [4.69, 9.17) is 11.6 Å². The summed E-state index contributed by atoms with van der Waals surface area (Å²) < 4.78 is 0. The van der Waals surface area contributed by atoms with E-state index < -0.39 is 0 Å². The highest BCUT2D eigenvalue weighted by Crippen LogP contribution is 2.34. The van der Waals surface area contributed by atoms with Gasteiger partial charge in [0.15, 0.2) is 0 Å². The van der Waals surface area contributed by atoms with E-state index in [2.05, 4.69) is 56.1 Å². The second-order valence-corrected chi connectivity index (χ2v) is 9.97. The topological polar surface area (TPSA) is 53.2 Å². The highest BCUT2D eigenvalue weighted by Gasteiger charge is 2.36. The number of carbonyl (C=O) groups is 1. The molecule has 0 bridgehead atoms. The van der Waals surface area contributed by atoms with Gasteiger partial charge in [-0.15, -0.1) is 0 Å². The summed E-state index contributed by atoms with van der Waals surface area (Å²) in [4.78, 5) is 29.5. The Hall–Kier alpha value is -2.33. The van der Waals surface area contributed by atoms with Crippen molar-refractivity contribution in [3.8, 4) is 0 Å². The maximum Gasteiger partial charge on any atom is 0.267 e. The van der Waals surface area contributed by atoms with Crippen LogP contribution in [-0.2, 0) is 10.2 Å². The monoisotopic (exact) mass is 424 g/mol. The molecule has 4 rings (SSSR count). The van der Waals surface area contributed by atoms with Crippen molar-refractivity contribution in [2.75, 3.05) is 13.1 Å². The van der Waals surface area contributed by atoms with Crippen LogP contribution >= 0.6 is 11.6 Å². The number of H-pyrrole nitrogens is 1. The minimum Gasteiger partial charge on any atom is -0.342 e. The zero-order valence-electron chi connectivity index (χ0n) is 17.9. The molecule has 2 fully saturated rings. The van der Waals surface area contributed by atoms with Crippen LogP contribution < -0.4 is 5.56 Å². The lowest BCUT2D eigenvalue weighted by Crippen LogP contribution is -2.29. The summed E-state index contributed by atoms with van der Waals surface area (Å²) in [5.41, 5.74) is 3.83. The fourth-order valence-electron chi connectivity index (χ4n) is 4.05. The largest absolute Gasteiger partial charge is 0.342 e. The number of likely N-dealkylation sites (tertiary alicyclic amines) is 1. The van der Waals surface area contributed by atoms with E-state index in [0.717, 1.165) is 49.2 Å². The SMILES string of the molecule is CC(C)(C)c1ccc(/C(=C/[C@H]2CCN(C(=O)C3CC3)C2)c2ccc(Cl)c(=O)[nH]2)cc1. The van der Waals surface area contributed by atoms with Gasteiger partial charge in [0.2, 0.25) is 5.91 Å². The average Bonchev–Trinajstić information content (AvgIpc) is 3.45. The van der Waals surface area contributed by atoms with Crippen LogP contribution in [0.5, 0.6) is 0 Å². The van der Waals surface area contributed by atoms with Gasteiger partial charge in [-0.3, -0.25) is 9.59 Å². The zero-order chi connectivity index (χ0) is 21.5. The van der Waals surface area contributed by atoms with Gasteiger partial charge in [-0.1, -0.05) is 62.7 Å². The summed E-state index contributed by atoms with van der Waals surface area (Å²) in [6.07, 6.45) is 5.23. The second kappa shape index (κ2) is 8.07. The van der Waals surface area contributed by atoms with Crippen LogP contribution in [0.1, 0.15) is 56.9 Å². The molecule has 1 aromatic carbocycles. The first kappa shape index (κ1) is 20.9. The first-order valence-corrected chi connectivity index (χ1v) is 11.1. The zero-order valence-corrected chi connectivity index (χ0v) is 18.6. The molecule has 2 aromatic rings. The molecule has 1 aliphatic heterocycles. The average molecular weight is 425 g/mol. The van der Waals surface area contributed by atoms with Gasteiger partial charge in [0, 0.05) is 30.3 Å². The molecular formula is C25H29ClN2O2. The smallest absolute Gasteiger partial charge is 0.267 e. The molecule has 4 nitrogen and oxygen atoms in total. The molecule has 1 atom stereocenters. The molecule has 2 aliphatic rings. The maximum atomic E-state index is 12.4. The second-order valence-electron chi connectivity index (χ2n) is 9.56. The molecular weight excluding hydrogens is 396 g/mol. The van der Waals surface area contributed by atoms with E-state index in [1.165, 1.54) is 5.56 Å². The number of nitrogens with one attached hydrogen (secondary N) is 1. The van der Waals surface area contributed by atoms with Gasteiger partial charge in [0.05, 0.1) is 0 Å². The van der Waals surface area contributed by atoms with Crippen molar-refractivity contribution in [2.24, 2.45) is 11.8 Å². The highest BCUT2D eigenvalue weighted by molar-refractivity contribution is 6.30. The molecule has 1 N–H and O–H groups in total. The number of hydrogen-bond donors (Lipinski definition) is 1. The van der Waals surface area contributed by atoms with Crippen molar-refractivity contribution >= 4 is 23.1 Å². The van der Waals surface area contributed by atoms with Gasteiger partial charge in [-0.25, -0.2) is 0 Å². The summed E-state index contributed by atoms with van der Waals surface area (Å²) in [5.74, 6) is 0.829. The van der Waals surface area contributed by atoms with E-state index in [1.807, 2.05) is 11.0 Å². The molecule has 1 saturated carbocycles. The molecule has 0 spiro atoms. The number of aromatic amines is 1. The Morgan fingerprint density at radius 1 is 1.10 bits per heavy atom. The number of hydrogen-bond acceptors (Lipinski definition) is 2. The number of amides is 1. The molecule has 158 valence electrons. The Morgan fingerprint density at radius 3 is 2.40 bits per heavy atom. The van der Waals surface area contributed by atoms with Crippen molar-refractivity contribution in [3.05, 3.63) is 74.7 Å². The lowest BCUT2D eigenvalue weighted by Gasteiger charge is -2.20. The van der Waals surface area contributed by atoms with Crippen LogP contribution in [0.15, 0.2) is 47.3 Å². The van der Waals surface area contributed by atoms with Gasteiger partial charge in [0.1, 0.15) is 5.02 Å². The number of benzene rings is 1. The molecule has 1 amide bonds. The predicted molar refractivity (Wildman–Crippen MR) is 122 cm³/mol. The van der Waals surface area contributed by atoms with Crippen LogP contribution in [0.2, 0.25) is 5.02 Å². The number of nitrogens with zero attached hydrogens (tertiary/aromatic N) is 1. The van der Waals surface area contributed by atoms with Crippen molar-refractivity contribution in [2.45, 2.75) is 45.4 Å². The maximum absolute atomic E-state index is 12.4. The molecule has 0 radical (unpaired) electrons. The summed E-state index contributed by atoms with van der Waals surface area (Å²) in [6.45, 7) is 8.14. The van der Waals surface area contributed by atoms with Crippen LogP contribution in [0.3, 0.4) is 0 Å². The lowest BCUT2D eigenvalue weighted by molar-refractivity contribution is -0.131. The first-order chi connectivity index (χ1) is 14.2. The third-order valence-electron chi connectivity index (χ3n) is 6.08. The lowest BCUT2D eigenvalue weighted by atomic mass is 9.85. The fraction of sp³-hybridized carbons (Fsp3) is 0.440. The molecule has 0 unspecified atom stereocenters. The van der Waals surface area contributed by atoms with E-state index in [-0.39, 0.29) is 27.8 Å². The Morgan fingerprint density at radius 2 is 1.80 bits per heavy atom. The first-order valence-electron chi connectivity index (χ1n) is 10.7. The van der Waals surface area contributed by atoms with Crippen molar-refractivity contribution in [1.29, 1.82) is 0 Å². The van der Waals surface area contributed by atoms with E-state index >= 15 is 0 Å². The molecule has 1 saturated heterocycles. The normalized spacial score (nSPS) is 19.9. The number of carbonyl (C=O) groups excluding carboxylic acids is 1. The third kappa shape index (κ3) is 4.54. The van der Waals surface area contributed by atoms with Crippen molar-refractivity contribution < 1.29 is 4.79 Å². The van der Waals surface area contributed by atoms with Crippen LogP contribution in [-0.4, -0.2) is 28.9 Å². The number of aromatic nitrogens is 1. The summed E-state index contributed by atoms with van der Waals surface area (Å²) >= 11 is 5.95. The standard InChI is InChI=1S/C25H29ClN2O2/c1-25(2,3)19-8-6-17(7-9-19)20(22-11-10-21(26)23(29)27-22)14-16-12-13-28(15-16)24(30)18-4-5-18/h6-11,14,16,18H,4-5,12-13,15H2,1-3H3,(H,27,29)/b20-14-/t16-/m1/s1. The van der Waals surface area contributed by atoms with Crippen molar-refractivity contribution in [3.63, 3.8) is 0 Å². The van der Waals surface area contributed by atoms with Crippen LogP contribution in [0, 0.1) is 11.8 Å². The minimum atomic E-state index is -0.289. The Kier molecular flexibility index (Phi) is 5.63. The highest BCUT2D eigenvalue weighted by atomic mass is 35.5. The van der Waals surface area contributed by atoms with Crippen LogP contribution in [0.25, 0.3) is 5.57 Å². The quantitative estimate of drug-likeness (QED) is 0.749. The van der Waals surface area contributed by atoms with E-state index in [0.29, 0.717) is 5.91 Å². The molecule has 5 heteroatoms. The third-order valence-corrected chi connectivity index (χ3v) is 6.38. The summed E-state index contributed by atoms with van der Waals surface area (Å²) in [5, 5.41) is 0.184.